The summed E-state index contributed by atoms with van der Waals surface area (Å²) in [7, 11) is 1.77. The first-order valence-corrected chi connectivity index (χ1v) is 10.5. The van der Waals surface area contributed by atoms with Crippen LogP contribution < -0.4 is 0 Å². The number of hydrogen-bond acceptors (Lipinski definition) is 8. The third-order valence-corrected chi connectivity index (χ3v) is 6.47. The summed E-state index contributed by atoms with van der Waals surface area (Å²) in [6.07, 6.45) is 3.95. The van der Waals surface area contributed by atoms with Gasteiger partial charge in [-0.2, -0.15) is 5.10 Å². The van der Waals surface area contributed by atoms with E-state index in [9.17, 15) is 4.79 Å². The Morgan fingerprint density at radius 1 is 1.26 bits per heavy atom. The second-order valence-corrected chi connectivity index (χ2v) is 8.25. The standard InChI is InChI=1S/C20H16N8O2S/c1-27-13(6-8-23-27)17-25-26-18(30-17)20(29)28-9-7-12-15(22-10-21-12)16(28)19-24-11-4-2-3-5-14(11)31-19/h2-6,8,10,16H,7,9H2,1H3,(H,21,22)/t16-/m0/s1. The number of benzene rings is 1. The van der Waals surface area contributed by atoms with Crippen molar-refractivity contribution in [1.82, 2.24) is 39.8 Å². The summed E-state index contributed by atoms with van der Waals surface area (Å²) < 4.78 is 8.39. The van der Waals surface area contributed by atoms with Gasteiger partial charge in [-0.3, -0.25) is 9.48 Å². The number of aryl methyl sites for hydroxylation is 1. The first-order valence-electron chi connectivity index (χ1n) is 9.69. The van der Waals surface area contributed by atoms with Crippen LogP contribution in [0.5, 0.6) is 0 Å². The second kappa shape index (κ2) is 6.84. The quantitative estimate of drug-likeness (QED) is 0.465. The highest BCUT2D eigenvalue weighted by Gasteiger charge is 2.38. The van der Waals surface area contributed by atoms with E-state index < -0.39 is 6.04 Å². The van der Waals surface area contributed by atoms with Crippen molar-refractivity contribution in [2.24, 2.45) is 7.05 Å². The SMILES string of the molecule is Cn1nccc1-c1nnc(C(=O)N2CCc3[nH]cnc3[C@H]2c2nc3ccccc3s2)o1. The lowest BCUT2D eigenvalue weighted by Crippen LogP contribution is -2.41. The highest BCUT2D eigenvalue weighted by Crippen LogP contribution is 2.38. The lowest BCUT2D eigenvalue weighted by atomic mass is 10.0. The van der Waals surface area contributed by atoms with Gasteiger partial charge in [0.15, 0.2) is 0 Å². The van der Waals surface area contributed by atoms with Gasteiger partial charge in [-0.05, 0) is 18.2 Å². The zero-order valence-corrected chi connectivity index (χ0v) is 17.2. The molecule has 1 atom stereocenters. The first-order chi connectivity index (χ1) is 15.2. The van der Waals surface area contributed by atoms with Crippen LogP contribution in [0.25, 0.3) is 21.8 Å². The minimum Gasteiger partial charge on any atom is -0.411 e. The lowest BCUT2D eigenvalue weighted by molar-refractivity contribution is 0.0650. The van der Waals surface area contributed by atoms with Gasteiger partial charge in [0, 0.05) is 31.9 Å². The Morgan fingerprint density at radius 2 is 2.16 bits per heavy atom. The van der Waals surface area contributed by atoms with E-state index >= 15 is 0 Å². The van der Waals surface area contributed by atoms with Crippen LogP contribution in [0.3, 0.4) is 0 Å². The number of carbonyl (C=O) groups excluding carboxylic acids is 1. The predicted molar refractivity (Wildman–Crippen MR) is 111 cm³/mol. The Morgan fingerprint density at radius 3 is 3.00 bits per heavy atom. The molecular formula is C20H16N8O2S. The molecule has 4 aromatic heterocycles. The molecule has 10 nitrogen and oxygen atoms in total. The number of imidazole rings is 1. The molecule has 0 radical (unpaired) electrons. The lowest BCUT2D eigenvalue weighted by Gasteiger charge is -2.32. The van der Waals surface area contributed by atoms with Crippen LogP contribution in [0, 0.1) is 0 Å². The van der Waals surface area contributed by atoms with E-state index in [2.05, 4.69) is 25.3 Å². The van der Waals surface area contributed by atoms with E-state index in [1.165, 1.54) is 0 Å². The van der Waals surface area contributed by atoms with Crippen molar-refractivity contribution in [3.63, 3.8) is 0 Å². The first kappa shape index (κ1) is 18.0. The number of carbonyl (C=O) groups is 1. The molecule has 1 aliphatic heterocycles. The summed E-state index contributed by atoms with van der Waals surface area (Å²) in [5.41, 5.74) is 3.34. The Hall–Kier alpha value is -3.86. The highest BCUT2D eigenvalue weighted by atomic mass is 32.1. The molecule has 0 fully saturated rings. The molecular weight excluding hydrogens is 416 g/mol. The van der Waals surface area contributed by atoms with Crippen molar-refractivity contribution in [1.29, 1.82) is 0 Å². The molecule has 5 heterocycles. The summed E-state index contributed by atoms with van der Waals surface area (Å²) in [5.74, 6) is -0.169. The predicted octanol–water partition coefficient (Wildman–Crippen LogP) is 2.59. The van der Waals surface area contributed by atoms with Crippen LogP contribution in [-0.2, 0) is 13.5 Å². The zero-order valence-electron chi connectivity index (χ0n) is 16.4. The molecule has 1 amide bonds. The normalized spacial score (nSPS) is 16.0. The van der Waals surface area contributed by atoms with E-state index in [1.54, 1.807) is 46.6 Å². The van der Waals surface area contributed by atoms with E-state index in [-0.39, 0.29) is 17.7 Å². The van der Waals surface area contributed by atoms with Crippen molar-refractivity contribution in [2.45, 2.75) is 12.5 Å². The van der Waals surface area contributed by atoms with Crippen LogP contribution >= 0.6 is 11.3 Å². The molecule has 0 bridgehead atoms. The largest absolute Gasteiger partial charge is 0.411 e. The summed E-state index contributed by atoms with van der Waals surface area (Å²) in [6.45, 7) is 0.484. The monoisotopic (exact) mass is 432 g/mol. The average Bonchev–Trinajstić information content (AvgIpc) is 3.57. The second-order valence-electron chi connectivity index (χ2n) is 7.19. The average molecular weight is 432 g/mol. The van der Waals surface area contributed by atoms with Crippen molar-refractivity contribution in [3.8, 4) is 11.6 Å². The number of aromatic amines is 1. The maximum Gasteiger partial charge on any atom is 0.312 e. The van der Waals surface area contributed by atoms with Crippen molar-refractivity contribution >= 4 is 27.5 Å². The number of amides is 1. The van der Waals surface area contributed by atoms with E-state index in [0.29, 0.717) is 18.7 Å². The van der Waals surface area contributed by atoms with E-state index in [1.807, 2.05) is 24.3 Å². The number of thiazole rings is 1. The molecule has 0 spiro atoms. The zero-order chi connectivity index (χ0) is 20.9. The fourth-order valence-corrected chi connectivity index (χ4v) is 4.96. The Labute approximate surface area is 179 Å². The smallest absolute Gasteiger partial charge is 0.312 e. The highest BCUT2D eigenvalue weighted by molar-refractivity contribution is 7.18. The fraction of sp³-hybridized carbons (Fsp3) is 0.200. The van der Waals surface area contributed by atoms with Crippen LogP contribution in [0.4, 0.5) is 0 Å². The number of nitrogens with zero attached hydrogens (tertiary/aromatic N) is 7. The number of fused-ring (bicyclic) bond motifs is 2. The molecule has 5 aromatic rings. The van der Waals surface area contributed by atoms with Gasteiger partial charge in [-0.1, -0.05) is 12.1 Å². The number of H-pyrrole nitrogens is 1. The molecule has 1 aliphatic rings. The van der Waals surface area contributed by atoms with Crippen molar-refractivity contribution in [2.75, 3.05) is 6.54 Å². The topological polar surface area (TPSA) is 119 Å². The van der Waals surface area contributed by atoms with Gasteiger partial charge >= 0.3 is 11.8 Å². The molecule has 0 unspecified atom stereocenters. The number of aromatic nitrogens is 7. The third-order valence-electron chi connectivity index (χ3n) is 5.38. The Kier molecular flexibility index (Phi) is 3.96. The van der Waals surface area contributed by atoms with Gasteiger partial charge in [-0.25, -0.2) is 9.97 Å². The molecule has 0 saturated carbocycles. The van der Waals surface area contributed by atoms with Crippen molar-refractivity contribution < 1.29 is 9.21 Å². The molecule has 11 heteroatoms. The molecule has 0 aliphatic carbocycles. The minimum atomic E-state index is -0.424. The summed E-state index contributed by atoms with van der Waals surface area (Å²) in [6, 6.07) is 9.25. The number of nitrogens with one attached hydrogen (secondary N) is 1. The van der Waals surface area contributed by atoms with Crippen LogP contribution in [0.15, 0.2) is 47.3 Å². The fourth-order valence-electron chi connectivity index (χ4n) is 3.87. The summed E-state index contributed by atoms with van der Waals surface area (Å²) >= 11 is 1.56. The van der Waals surface area contributed by atoms with Crippen molar-refractivity contribution in [3.05, 3.63) is 65.1 Å². The van der Waals surface area contributed by atoms with Gasteiger partial charge in [0.1, 0.15) is 16.7 Å². The molecule has 1 N–H and O–H groups in total. The Balaban J connectivity index is 1.41. The van der Waals surface area contributed by atoms with Crippen LogP contribution in [0.1, 0.15) is 33.1 Å². The number of para-hydroxylation sites is 1. The molecule has 154 valence electrons. The molecule has 6 rings (SSSR count). The number of hydrogen-bond donors (Lipinski definition) is 1. The van der Waals surface area contributed by atoms with Crippen LogP contribution in [-0.4, -0.2) is 52.3 Å². The minimum absolute atomic E-state index is 0.0682. The Bertz CT molecular complexity index is 1380. The maximum absolute atomic E-state index is 13.4. The molecule has 1 aromatic carbocycles. The van der Waals surface area contributed by atoms with E-state index in [0.717, 1.165) is 26.6 Å². The van der Waals surface area contributed by atoms with Gasteiger partial charge in [0.25, 0.3) is 5.89 Å². The summed E-state index contributed by atoms with van der Waals surface area (Å²) in [5, 5.41) is 13.0. The van der Waals surface area contributed by atoms with E-state index in [4.69, 9.17) is 9.40 Å². The van der Waals surface area contributed by atoms with Crippen LogP contribution in [0.2, 0.25) is 0 Å². The van der Waals surface area contributed by atoms with Gasteiger partial charge < -0.3 is 14.3 Å². The van der Waals surface area contributed by atoms with Gasteiger partial charge in [0.05, 0.1) is 22.2 Å². The van der Waals surface area contributed by atoms with Gasteiger partial charge in [0.2, 0.25) is 0 Å². The maximum atomic E-state index is 13.4. The third kappa shape index (κ3) is 2.85. The molecule has 0 saturated heterocycles. The molecule has 31 heavy (non-hydrogen) atoms. The summed E-state index contributed by atoms with van der Waals surface area (Å²) in [4.78, 5) is 27.6. The number of rotatable bonds is 3. The van der Waals surface area contributed by atoms with Gasteiger partial charge in [-0.15, -0.1) is 21.5 Å².